The number of hydrogen-bond donors (Lipinski definition) is 1. The summed E-state index contributed by atoms with van der Waals surface area (Å²) in [7, 11) is 2.99. The number of rotatable bonds is 16. The molecule has 13 nitrogen and oxygen atoms in total. The third-order valence-electron chi connectivity index (χ3n) is 9.13. The van der Waals surface area contributed by atoms with Crippen LogP contribution in [0.4, 0.5) is 5.69 Å². The zero-order valence-electron chi connectivity index (χ0n) is 29.9. The molecule has 3 heterocycles. The van der Waals surface area contributed by atoms with E-state index in [0.29, 0.717) is 82.5 Å². The van der Waals surface area contributed by atoms with Crippen molar-refractivity contribution in [2.75, 3.05) is 51.2 Å². The van der Waals surface area contributed by atoms with E-state index in [-0.39, 0.29) is 35.7 Å². The van der Waals surface area contributed by atoms with Crippen LogP contribution in [0, 0.1) is 11.1 Å². The topological polar surface area (TPSA) is 158 Å². The van der Waals surface area contributed by atoms with Crippen LogP contribution in [0.2, 0.25) is 0 Å². The second kappa shape index (κ2) is 17.5. The van der Waals surface area contributed by atoms with Crippen LogP contribution in [0.5, 0.6) is 23.0 Å². The van der Waals surface area contributed by atoms with Crippen molar-refractivity contribution in [3.05, 3.63) is 46.6 Å². The third kappa shape index (κ3) is 8.57. The number of methoxy groups -OCH3 is 2. The quantitative estimate of drug-likeness (QED) is 0.0570. The maximum absolute atomic E-state index is 13.7. The lowest BCUT2D eigenvalue weighted by molar-refractivity contribution is -0.404. The number of anilines is 1. The summed E-state index contributed by atoms with van der Waals surface area (Å²) >= 11 is 3.78. The Bertz CT molecular complexity index is 1650. The Morgan fingerprint density at radius 2 is 1.76 bits per heavy atom. The van der Waals surface area contributed by atoms with Crippen molar-refractivity contribution in [2.45, 2.75) is 76.0 Å². The van der Waals surface area contributed by atoms with Gasteiger partial charge in [0.05, 0.1) is 49.8 Å². The average Bonchev–Trinajstić information content (AvgIpc) is 3.71. The number of nitrogen functional groups attached to an aromatic ring is 1. The van der Waals surface area contributed by atoms with Gasteiger partial charge in [-0.1, -0.05) is 13.8 Å². The highest BCUT2D eigenvalue weighted by Crippen LogP contribution is 2.40. The first kappa shape index (κ1) is 38.3. The minimum absolute atomic E-state index is 0.0853. The molecule has 278 valence electrons. The second-order valence-corrected chi connectivity index (χ2v) is 15.6. The van der Waals surface area contributed by atoms with Gasteiger partial charge in [-0.25, -0.2) is 0 Å². The minimum Gasteiger partial charge on any atom is -0.618 e. The number of thioether (sulfide) groups is 2. The van der Waals surface area contributed by atoms with Gasteiger partial charge in [-0.2, -0.15) is 4.74 Å². The van der Waals surface area contributed by atoms with E-state index in [4.69, 9.17) is 29.4 Å². The molecular formula is C36H48N4O9S2. The summed E-state index contributed by atoms with van der Waals surface area (Å²) in [6.07, 6.45) is 7.74. The summed E-state index contributed by atoms with van der Waals surface area (Å²) in [5.41, 5.74) is 7.78. The Morgan fingerprint density at radius 3 is 2.41 bits per heavy atom. The maximum Gasteiger partial charge on any atom is 0.302 e. The molecule has 0 radical (unpaired) electrons. The lowest BCUT2D eigenvalue weighted by Gasteiger charge is -2.31. The molecule has 3 aliphatic rings. The first-order chi connectivity index (χ1) is 24.6. The van der Waals surface area contributed by atoms with E-state index in [9.17, 15) is 19.6 Å². The largest absolute Gasteiger partial charge is 0.618 e. The van der Waals surface area contributed by atoms with E-state index in [1.165, 1.54) is 38.1 Å². The maximum atomic E-state index is 13.7. The predicted octanol–water partition coefficient (Wildman–Crippen LogP) is 5.57. The number of allylic oxidation sites excluding steroid dienone is 1. The summed E-state index contributed by atoms with van der Waals surface area (Å²) in [5.74, 6) is 1.84. The van der Waals surface area contributed by atoms with Gasteiger partial charge in [-0.05, 0) is 49.3 Å². The number of hydroxylamine groups is 1. The standard InChI is InChI=1S/C36H48N4O9S2/c1-6-50-36(51-7-2)28-11-10-14-38(28)34(42)24-18-30(45-4)31(19-26(24)37)47-15-8-9-16-48-32-21-39-29(33(32)46-5)20-40(44)27-13-12-23(49-22(3)41)17-25(27)35(39)43/h13,18-21,23,25,28,36H,6-12,14-17,37H2,1-5H3/t23?,25?,28-/m0/s1. The normalized spacial score (nSPS) is 19.8. The van der Waals surface area contributed by atoms with Crippen LogP contribution in [0.15, 0.2) is 30.1 Å². The fourth-order valence-corrected chi connectivity index (χ4v) is 9.67. The molecule has 1 fully saturated rings. The van der Waals surface area contributed by atoms with Gasteiger partial charge in [0.2, 0.25) is 17.8 Å². The molecule has 2 N–H and O–H groups in total. The van der Waals surface area contributed by atoms with Crippen molar-refractivity contribution in [3.63, 3.8) is 0 Å². The molecule has 1 aliphatic carbocycles. The van der Waals surface area contributed by atoms with Crippen LogP contribution in [-0.4, -0.2) is 100 Å². The summed E-state index contributed by atoms with van der Waals surface area (Å²) in [6, 6.07) is 3.48. The molecule has 15 heteroatoms. The number of unbranched alkanes of at least 4 members (excludes halogenated alkanes) is 1. The number of likely N-dealkylation sites (tertiary alicyclic amines) is 1. The van der Waals surface area contributed by atoms with Crippen LogP contribution < -0.4 is 24.7 Å². The number of nitrogens with two attached hydrogens (primary N) is 1. The molecule has 2 aliphatic heterocycles. The Morgan fingerprint density at radius 1 is 1.06 bits per heavy atom. The van der Waals surface area contributed by atoms with E-state index in [1.807, 2.05) is 28.4 Å². The second-order valence-electron chi connectivity index (χ2n) is 12.4. The molecule has 51 heavy (non-hydrogen) atoms. The zero-order valence-corrected chi connectivity index (χ0v) is 31.5. The Hall–Kier alpha value is -3.98. The molecule has 0 saturated carbocycles. The Labute approximate surface area is 307 Å². The molecule has 1 amide bonds. The highest BCUT2D eigenvalue weighted by Gasteiger charge is 2.41. The van der Waals surface area contributed by atoms with Crippen LogP contribution in [0.1, 0.15) is 80.1 Å². The van der Waals surface area contributed by atoms with Gasteiger partial charge >= 0.3 is 5.97 Å². The van der Waals surface area contributed by atoms with Gasteiger partial charge in [0.25, 0.3) is 5.91 Å². The number of ether oxygens (including phenoxy) is 5. The van der Waals surface area contributed by atoms with Gasteiger partial charge in [0, 0.05) is 38.1 Å². The molecule has 0 bridgehead atoms. The molecule has 1 aromatic heterocycles. The number of benzene rings is 1. The summed E-state index contributed by atoms with van der Waals surface area (Å²) in [5, 5.41) is 13.0. The number of fused-ring (bicyclic) bond motifs is 2. The summed E-state index contributed by atoms with van der Waals surface area (Å²) in [4.78, 5) is 40.8. The smallest absolute Gasteiger partial charge is 0.302 e. The highest BCUT2D eigenvalue weighted by atomic mass is 32.2. The van der Waals surface area contributed by atoms with Crippen LogP contribution >= 0.6 is 23.5 Å². The number of nitrogens with zero attached hydrogens (tertiary/aromatic N) is 3. The van der Waals surface area contributed by atoms with E-state index >= 15 is 0 Å². The Balaban J connectivity index is 1.18. The molecule has 1 aromatic carbocycles. The van der Waals surface area contributed by atoms with Crippen molar-refractivity contribution in [1.82, 2.24) is 9.47 Å². The minimum atomic E-state index is -0.780. The van der Waals surface area contributed by atoms with E-state index in [2.05, 4.69) is 13.8 Å². The van der Waals surface area contributed by atoms with Crippen molar-refractivity contribution in [1.29, 1.82) is 0 Å². The van der Waals surface area contributed by atoms with Crippen molar-refractivity contribution >= 4 is 53.2 Å². The van der Waals surface area contributed by atoms with E-state index in [0.717, 1.165) is 24.3 Å². The van der Waals surface area contributed by atoms with Gasteiger partial charge in [0.1, 0.15) is 12.0 Å². The molecule has 3 atom stereocenters. The predicted molar refractivity (Wildman–Crippen MR) is 199 cm³/mol. The molecule has 5 rings (SSSR count). The lowest BCUT2D eigenvalue weighted by atomic mass is 9.89. The first-order valence-corrected chi connectivity index (χ1v) is 19.5. The number of aromatic nitrogens is 1. The van der Waals surface area contributed by atoms with E-state index in [1.54, 1.807) is 18.2 Å². The lowest BCUT2D eigenvalue weighted by Crippen LogP contribution is -2.41. The highest BCUT2D eigenvalue weighted by molar-refractivity contribution is 8.17. The molecule has 1 saturated heterocycles. The fourth-order valence-electron chi connectivity index (χ4n) is 6.80. The van der Waals surface area contributed by atoms with Crippen molar-refractivity contribution < 1.29 is 42.8 Å². The fraction of sp³-hybridized carbons (Fsp3) is 0.556. The number of carbonyl (C=O) groups is 3. The SMILES string of the molecule is CCSC(SCC)[C@@H]1CCCN1C(=O)c1cc(OC)c(OCCCCOc2cn3c(c2OC)C=[N+]([O-])C2=CCC(OC(C)=O)CC2C3=O)cc1N. The molecule has 0 spiro atoms. The molecule has 2 aromatic rings. The molecular weight excluding hydrogens is 697 g/mol. The van der Waals surface area contributed by atoms with Crippen molar-refractivity contribution in [3.8, 4) is 23.0 Å². The number of carbonyl (C=O) groups excluding carboxylic acids is 3. The van der Waals surface area contributed by atoms with Gasteiger partial charge in [-0.3, -0.25) is 19.0 Å². The summed E-state index contributed by atoms with van der Waals surface area (Å²) in [6.45, 7) is 6.95. The zero-order chi connectivity index (χ0) is 36.7. The number of amides is 1. The van der Waals surface area contributed by atoms with Gasteiger partial charge < -0.3 is 39.5 Å². The van der Waals surface area contributed by atoms with E-state index < -0.39 is 18.0 Å². The average molecular weight is 745 g/mol. The number of esters is 1. The first-order valence-electron chi connectivity index (χ1n) is 17.4. The third-order valence-corrected chi connectivity index (χ3v) is 11.9. The summed E-state index contributed by atoms with van der Waals surface area (Å²) < 4.78 is 30.9. The van der Waals surface area contributed by atoms with Crippen LogP contribution in [-0.2, 0) is 9.53 Å². The number of hydrogen-bond acceptors (Lipinski definition) is 12. The van der Waals surface area contributed by atoms with Crippen LogP contribution in [0.3, 0.4) is 0 Å². The molecule has 2 unspecified atom stereocenters. The Kier molecular flexibility index (Phi) is 13.1. The monoisotopic (exact) mass is 744 g/mol. The van der Waals surface area contributed by atoms with Crippen molar-refractivity contribution in [2.24, 2.45) is 5.92 Å². The van der Waals surface area contributed by atoms with Gasteiger partial charge in [-0.15, -0.1) is 23.5 Å². The van der Waals surface area contributed by atoms with Crippen LogP contribution in [0.25, 0.3) is 0 Å². The van der Waals surface area contributed by atoms with Gasteiger partial charge in [0.15, 0.2) is 28.7 Å².